The fourth-order valence-corrected chi connectivity index (χ4v) is 2.99. The number of methoxy groups -OCH3 is 1. The standard InChI is InChI=1S/C20H22FN3O3/c1-27-18-7-4-15-8-9-24(13-16(15)10-18)19(25)12-23-20(26)22-11-14-2-5-17(21)6-3-14/h2-7,10H,8-9,11-13H2,1H3,(H2,22,23,26). The molecule has 1 aliphatic heterocycles. The molecular formula is C20H22FN3O3. The van der Waals surface area contributed by atoms with Crippen LogP contribution in [0.4, 0.5) is 9.18 Å². The molecule has 27 heavy (non-hydrogen) atoms. The number of amides is 3. The van der Waals surface area contributed by atoms with Gasteiger partial charge in [0.25, 0.3) is 0 Å². The summed E-state index contributed by atoms with van der Waals surface area (Å²) in [6.45, 7) is 1.31. The lowest BCUT2D eigenvalue weighted by Gasteiger charge is -2.29. The summed E-state index contributed by atoms with van der Waals surface area (Å²) in [6, 6.07) is 11.3. The number of carbonyl (C=O) groups is 2. The Labute approximate surface area is 157 Å². The number of rotatable bonds is 5. The van der Waals surface area contributed by atoms with Gasteiger partial charge in [-0.25, -0.2) is 9.18 Å². The largest absolute Gasteiger partial charge is 0.497 e. The van der Waals surface area contributed by atoms with E-state index in [2.05, 4.69) is 10.6 Å². The monoisotopic (exact) mass is 371 g/mol. The van der Waals surface area contributed by atoms with Crippen LogP contribution in [0.3, 0.4) is 0 Å². The van der Waals surface area contributed by atoms with Gasteiger partial charge < -0.3 is 20.3 Å². The Morgan fingerprint density at radius 1 is 1.11 bits per heavy atom. The highest BCUT2D eigenvalue weighted by Crippen LogP contribution is 2.23. The van der Waals surface area contributed by atoms with Crippen LogP contribution in [0.15, 0.2) is 42.5 Å². The number of nitrogens with zero attached hydrogens (tertiary/aromatic N) is 1. The summed E-state index contributed by atoms with van der Waals surface area (Å²) in [4.78, 5) is 26.0. The lowest BCUT2D eigenvalue weighted by Crippen LogP contribution is -2.45. The van der Waals surface area contributed by atoms with E-state index in [0.29, 0.717) is 13.1 Å². The minimum absolute atomic E-state index is 0.0748. The number of urea groups is 1. The minimum Gasteiger partial charge on any atom is -0.497 e. The quantitative estimate of drug-likeness (QED) is 0.847. The normalized spacial score (nSPS) is 12.9. The van der Waals surface area contributed by atoms with Crippen molar-refractivity contribution < 1.29 is 18.7 Å². The first kappa shape index (κ1) is 18.7. The van der Waals surface area contributed by atoms with Gasteiger partial charge in [-0.3, -0.25) is 4.79 Å². The molecule has 142 valence electrons. The van der Waals surface area contributed by atoms with E-state index in [4.69, 9.17) is 4.74 Å². The Kier molecular flexibility index (Phi) is 5.90. The summed E-state index contributed by atoms with van der Waals surface area (Å²) < 4.78 is 18.1. The fraction of sp³-hybridized carbons (Fsp3) is 0.300. The maximum atomic E-state index is 12.9. The Morgan fingerprint density at radius 3 is 2.63 bits per heavy atom. The Balaban J connectivity index is 1.46. The third kappa shape index (κ3) is 4.97. The molecule has 2 N–H and O–H groups in total. The first-order valence-corrected chi connectivity index (χ1v) is 8.75. The summed E-state index contributed by atoms with van der Waals surface area (Å²) >= 11 is 0. The van der Waals surface area contributed by atoms with E-state index in [1.54, 1.807) is 24.1 Å². The zero-order valence-corrected chi connectivity index (χ0v) is 15.1. The maximum Gasteiger partial charge on any atom is 0.315 e. The lowest BCUT2D eigenvalue weighted by molar-refractivity contribution is -0.131. The summed E-state index contributed by atoms with van der Waals surface area (Å²) in [7, 11) is 1.61. The summed E-state index contributed by atoms with van der Waals surface area (Å²) in [5.74, 6) is 0.302. The van der Waals surface area contributed by atoms with Crippen molar-refractivity contribution in [1.82, 2.24) is 15.5 Å². The highest BCUT2D eigenvalue weighted by atomic mass is 19.1. The van der Waals surface area contributed by atoms with Crippen LogP contribution < -0.4 is 15.4 Å². The number of halogens is 1. The van der Waals surface area contributed by atoms with Crippen LogP contribution in [-0.4, -0.2) is 37.0 Å². The van der Waals surface area contributed by atoms with E-state index in [0.717, 1.165) is 23.3 Å². The van der Waals surface area contributed by atoms with Crippen molar-refractivity contribution in [3.8, 4) is 5.75 Å². The molecule has 0 fully saturated rings. The molecule has 3 rings (SSSR count). The van der Waals surface area contributed by atoms with Crippen LogP contribution >= 0.6 is 0 Å². The second-order valence-corrected chi connectivity index (χ2v) is 6.36. The zero-order valence-electron chi connectivity index (χ0n) is 15.1. The van der Waals surface area contributed by atoms with Gasteiger partial charge in [0, 0.05) is 19.6 Å². The van der Waals surface area contributed by atoms with E-state index < -0.39 is 6.03 Å². The molecule has 0 atom stereocenters. The number of ether oxygens (including phenoxy) is 1. The van der Waals surface area contributed by atoms with Gasteiger partial charge in [-0.2, -0.15) is 0 Å². The van der Waals surface area contributed by atoms with Gasteiger partial charge in [-0.1, -0.05) is 18.2 Å². The van der Waals surface area contributed by atoms with Crippen molar-refractivity contribution in [3.05, 3.63) is 65.0 Å². The van der Waals surface area contributed by atoms with Crippen LogP contribution in [0, 0.1) is 5.82 Å². The molecule has 0 aliphatic carbocycles. The van der Waals surface area contributed by atoms with Gasteiger partial charge in [-0.05, 0) is 47.4 Å². The van der Waals surface area contributed by atoms with Crippen molar-refractivity contribution in [3.63, 3.8) is 0 Å². The summed E-state index contributed by atoms with van der Waals surface area (Å²) in [5.41, 5.74) is 3.05. The minimum atomic E-state index is -0.438. The van der Waals surface area contributed by atoms with Gasteiger partial charge >= 0.3 is 6.03 Å². The summed E-state index contributed by atoms with van der Waals surface area (Å²) in [5, 5.41) is 5.22. The van der Waals surface area contributed by atoms with Crippen LogP contribution in [0.2, 0.25) is 0 Å². The Bertz CT molecular complexity index is 824. The molecule has 2 aromatic rings. The number of nitrogens with one attached hydrogen (secondary N) is 2. The SMILES string of the molecule is COc1ccc2c(c1)CN(C(=O)CNC(=O)NCc1ccc(F)cc1)CC2. The molecule has 1 heterocycles. The van der Waals surface area contributed by atoms with Crippen LogP contribution in [0.25, 0.3) is 0 Å². The van der Waals surface area contributed by atoms with Crippen molar-refractivity contribution in [2.75, 3.05) is 20.2 Å². The lowest BCUT2D eigenvalue weighted by atomic mass is 9.99. The predicted octanol–water partition coefficient (Wildman–Crippen LogP) is 2.22. The predicted molar refractivity (Wildman–Crippen MR) is 98.8 cm³/mol. The van der Waals surface area contributed by atoms with Crippen molar-refractivity contribution in [2.24, 2.45) is 0 Å². The molecule has 0 aromatic heterocycles. The Morgan fingerprint density at radius 2 is 1.89 bits per heavy atom. The highest BCUT2D eigenvalue weighted by Gasteiger charge is 2.21. The van der Waals surface area contributed by atoms with E-state index in [1.165, 1.54) is 17.7 Å². The van der Waals surface area contributed by atoms with Crippen molar-refractivity contribution >= 4 is 11.9 Å². The summed E-state index contributed by atoms with van der Waals surface area (Å²) in [6.07, 6.45) is 0.780. The fourth-order valence-electron chi connectivity index (χ4n) is 2.99. The van der Waals surface area contributed by atoms with Crippen LogP contribution in [0.5, 0.6) is 5.75 Å². The van der Waals surface area contributed by atoms with Gasteiger partial charge in [0.1, 0.15) is 11.6 Å². The average molecular weight is 371 g/mol. The van der Waals surface area contributed by atoms with Crippen molar-refractivity contribution in [1.29, 1.82) is 0 Å². The molecule has 2 aromatic carbocycles. The molecule has 0 saturated carbocycles. The Hall–Kier alpha value is -3.09. The first-order chi connectivity index (χ1) is 13.0. The third-order valence-electron chi connectivity index (χ3n) is 4.54. The van der Waals surface area contributed by atoms with E-state index >= 15 is 0 Å². The first-order valence-electron chi connectivity index (χ1n) is 8.75. The van der Waals surface area contributed by atoms with Gasteiger partial charge in [0.15, 0.2) is 0 Å². The number of benzene rings is 2. The topological polar surface area (TPSA) is 70.7 Å². The molecule has 0 unspecified atom stereocenters. The molecule has 6 nitrogen and oxygen atoms in total. The molecule has 0 bridgehead atoms. The van der Waals surface area contributed by atoms with E-state index in [-0.39, 0.29) is 24.8 Å². The number of hydrogen-bond acceptors (Lipinski definition) is 3. The second kappa shape index (κ2) is 8.53. The average Bonchev–Trinajstić information content (AvgIpc) is 2.70. The highest BCUT2D eigenvalue weighted by molar-refractivity contribution is 5.84. The molecule has 3 amide bonds. The van der Waals surface area contributed by atoms with E-state index in [1.807, 2.05) is 18.2 Å². The molecule has 0 radical (unpaired) electrons. The zero-order chi connectivity index (χ0) is 19.2. The molecule has 0 saturated heterocycles. The smallest absolute Gasteiger partial charge is 0.315 e. The second-order valence-electron chi connectivity index (χ2n) is 6.36. The third-order valence-corrected chi connectivity index (χ3v) is 4.54. The molecular weight excluding hydrogens is 349 g/mol. The molecule has 1 aliphatic rings. The van der Waals surface area contributed by atoms with Gasteiger partial charge in [-0.15, -0.1) is 0 Å². The number of hydrogen-bond donors (Lipinski definition) is 2. The maximum absolute atomic E-state index is 12.9. The van der Waals surface area contributed by atoms with Gasteiger partial charge in [0.05, 0.1) is 13.7 Å². The van der Waals surface area contributed by atoms with E-state index in [9.17, 15) is 14.0 Å². The van der Waals surface area contributed by atoms with Crippen molar-refractivity contribution in [2.45, 2.75) is 19.5 Å². The van der Waals surface area contributed by atoms with Crippen LogP contribution in [-0.2, 0) is 24.3 Å². The molecule has 0 spiro atoms. The van der Waals surface area contributed by atoms with Crippen LogP contribution in [0.1, 0.15) is 16.7 Å². The number of fused-ring (bicyclic) bond motifs is 1. The molecule has 7 heteroatoms. The number of carbonyl (C=O) groups excluding carboxylic acids is 2. The van der Waals surface area contributed by atoms with Gasteiger partial charge in [0.2, 0.25) is 5.91 Å².